The van der Waals surface area contributed by atoms with Gasteiger partial charge in [-0.15, -0.1) is 0 Å². The molecule has 0 N–H and O–H groups in total. The van der Waals surface area contributed by atoms with Crippen molar-refractivity contribution in [3.8, 4) is 5.69 Å². The highest BCUT2D eigenvalue weighted by Crippen LogP contribution is 2.15. The highest BCUT2D eigenvalue weighted by atomic mass is 16.6. The van der Waals surface area contributed by atoms with E-state index in [1.54, 1.807) is 41.4 Å². The molecule has 0 saturated heterocycles. The van der Waals surface area contributed by atoms with E-state index in [0.29, 0.717) is 36.1 Å². The summed E-state index contributed by atoms with van der Waals surface area (Å²) < 4.78 is 4.54. The Morgan fingerprint density at radius 3 is 2.45 bits per heavy atom. The molecule has 0 unspecified atom stereocenters. The lowest BCUT2D eigenvalue weighted by Gasteiger charge is -2.14. The molecule has 2 heterocycles. The summed E-state index contributed by atoms with van der Waals surface area (Å²) in [7, 11) is 0. The van der Waals surface area contributed by atoms with Crippen LogP contribution in [0.5, 0.6) is 0 Å². The number of fused-ring (bicyclic) bond motifs is 1. The van der Waals surface area contributed by atoms with Crippen LogP contribution in [0.1, 0.15) is 6.42 Å². The molecule has 4 aromatic rings. The quantitative estimate of drug-likeness (QED) is 0.371. The molecule has 4 rings (SSSR count). The van der Waals surface area contributed by atoms with Gasteiger partial charge in [0.05, 0.1) is 27.8 Å². The van der Waals surface area contributed by atoms with E-state index in [0.717, 1.165) is 4.57 Å². The van der Waals surface area contributed by atoms with Gasteiger partial charge in [-0.2, -0.15) is 0 Å². The summed E-state index contributed by atoms with van der Waals surface area (Å²) in [5, 5.41) is 11.3. The summed E-state index contributed by atoms with van der Waals surface area (Å²) in [4.78, 5) is 40.5. The highest BCUT2D eigenvalue weighted by molar-refractivity contribution is 5.78. The SMILES string of the molecule is O=c1c2ccccc2n(CCCn2ccnc2)c(=O)n1-c1ccc([N+](=O)[O-])cc1. The molecule has 0 bridgehead atoms. The molecule has 9 nitrogen and oxygen atoms in total. The number of aryl methyl sites for hydroxylation is 2. The third-order valence-corrected chi connectivity index (χ3v) is 4.73. The molecule has 0 saturated carbocycles. The van der Waals surface area contributed by atoms with Crippen molar-refractivity contribution in [2.45, 2.75) is 19.5 Å². The van der Waals surface area contributed by atoms with Gasteiger partial charge in [0.15, 0.2) is 0 Å². The number of non-ortho nitro benzene ring substituents is 1. The summed E-state index contributed by atoms with van der Waals surface area (Å²) in [5.41, 5.74) is -0.187. The molecule has 146 valence electrons. The van der Waals surface area contributed by atoms with Gasteiger partial charge in [0.1, 0.15) is 0 Å². The van der Waals surface area contributed by atoms with Crippen LogP contribution < -0.4 is 11.2 Å². The molecule has 2 aromatic carbocycles. The number of hydrogen-bond acceptors (Lipinski definition) is 5. The van der Waals surface area contributed by atoms with Crippen molar-refractivity contribution in [3.63, 3.8) is 0 Å². The summed E-state index contributed by atoms with van der Waals surface area (Å²) in [6, 6.07) is 12.3. The second-order valence-corrected chi connectivity index (χ2v) is 6.52. The Labute approximate surface area is 164 Å². The standard InChI is InChI=1S/C20H17N5O4/c26-19-17-4-1-2-5-18(17)23(12-3-11-22-13-10-21-14-22)20(27)24(19)15-6-8-16(9-7-15)25(28)29/h1-2,4-10,13-14H,3,11-12H2. The Balaban J connectivity index is 1.81. The molecule has 0 aliphatic rings. The Morgan fingerprint density at radius 2 is 1.76 bits per heavy atom. The van der Waals surface area contributed by atoms with Crippen LogP contribution in [-0.4, -0.2) is 23.6 Å². The maximum atomic E-state index is 13.2. The van der Waals surface area contributed by atoms with Gasteiger partial charge in [-0.25, -0.2) is 14.3 Å². The Bertz CT molecular complexity index is 1290. The third kappa shape index (κ3) is 3.45. The van der Waals surface area contributed by atoms with E-state index in [9.17, 15) is 19.7 Å². The molecule has 0 fully saturated rings. The number of nitro benzene ring substituents is 1. The fourth-order valence-electron chi connectivity index (χ4n) is 3.32. The number of nitro groups is 1. The van der Waals surface area contributed by atoms with E-state index in [1.165, 1.54) is 24.3 Å². The Morgan fingerprint density at radius 1 is 1.00 bits per heavy atom. The zero-order valence-electron chi connectivity index (χ0n) is 15.3. The summed E-state index contributed by atoms with van der Waals surface area (Å²) in [6.07, 6.45) is 5.91. The number of imidazole rings is 1. The van der Waals surface area contributed by atoms with Crippen molar-refractivity contribution in [2.75, 3.05) is 0 Å². The lowest BCUT2D eigenvalue weighted by molar-refractivity contribution is -0.384. The first-order valence-electron chi connectivity index (χ1n) is 9.01. The first-order valence-corrected chi connectivity index (χ1v) is 9.01. The minimum atomic E-state index is -0.526. The molecular weight excluding hydrogens is 374 g/mol. The normalized spacial score (nSPS) is 11.0. The average molecular weight is 391 g/mol. The maximum Gasteiger partial charge on any atom is 0.336 e. The predicted octanol–water partition coefficient (Wildman–Crippen LogP) is 2.35. The molecule has 0 atom stereocenters. The number of aromatic nitrogens is 4. The first-order chi connectivity index (χ1) is 14.1. The fourth-order valence-corrected chi connectivity index (χ4v) is 3.32. The highest BCUT2D eigenvalue weighted by Gasteiger charge is 2.15. The van der Waals surface area contributed by atoms with E-state index in [4.69, 9.17) is 0 Å². The zero-order chi connectivity index (χ0) is 20.4. The number of rotatable bonds is 6. The second-order valence-electron chi connectivity index (χ2n) is 6.52. The second kappa shape index (κ2) is 7.55. The number of benzene rings is 2. The molecule has 0 aliphatic carbocycles. The fraction of sp³-hybridized carbons (Fsp3) is 0.150. The van der Waals surface area contributed by atoms with Crippen LogP contribution in [-0.2, 0) is 13.1 Å². The van der Waals surface area contributed by atoms with E-state index in [2.05, 4.69) is 4.98 Å². The monoisotopic (exact) mass is 391 g/mol. The van der Waals surface area contributed by atoms with E-state index in [-0.39, 0.29) is 5.69 Å². The maximum absolute atomic E-state index is 13.2. The van der Waals surface area contributed by atoms with Crippen LogP contribution in [0.4, 0.5) is 5.69 Å². The van der Waals surface area contributed by atoms with Crippen LogP contribution >= 0.6 is 0 Å². The molecule has 29 heavy (non-hydrogen) atoms. The largest absolute Gasteiger partial charge is 0.337 e. The zero-order valence-corrected chi connectivity index (χ0v) is 15.3. The smallest absolute Gasteiger partial charge is 0.336 e. The van der Waals surface area contributed by atoms with E-state index >= 15 is 0 Å². The van der Waals surface area contributed by atoms with Crippen LogP contribution in [0.15, 0.2) is 76.8 Å². The number of hydrogen-bond donors (Lipinski definition) is 0. The van der Waals surface area contributed by atoms with Crippen molar-refractivity contribution >= 4 is 16.6 Å². The van der Waals surface area contributed by atoms with Crippen molar-refractivity contribution < 1.29 is 4.92 Å². The molecule has 0 spiro atoms. The predicted molar refractivity (Wildman–Crippen MR) is 107 cm³/mol. The molecule has 0 aliphatic heterocycles. The molecule has 0 radical (unpaired) electrons. The minimum absolute atomic E-state index is 0.108. The van der Waals surface area contributed by atoms with Gasteiger partial charge >= 0.3 is 5.69 Å². The van der Waals surface area contributed by atoms with Crippen LogP contribution in [0.25, 0.3) is 16.6 Å². The van der Waals surface area contributed by atoms with E-state index in [1.807, 2.05) is 10.8 Å². The summed E-state index contributed by atoms with van der Waals surface area (Å²) in [5.74, 6) is 0. The number of nitrogens with zero attached hydrogens (tertiary/aromatic N) is 5. The molecule has 9 heteroatoms. The van der Waals surface area contributed by atoms with Crippen LogP contribution in [0.2, 0.25) is 0 Å². The lowest BCUT2D eigenvalue weighted by atomic mass is 10.2. The van der Waals surface area contributed by atoms with Crippen molar-refractivity contribution in [1.82, 2.24) is 18.7 Å². The van der Waals surface area contributed by atoms with Gasteiger partial charge in [0.2, 0.25) is 0 Å². The Hall–Kier alpha value is -4.01. The minimum Gasteiger partial charge on any atom is -0.337 e. The lowest BCUT2D eigenvalue weighted by Crippen LogP contribution is -2.39. The van der Waals surface area contributed by atoms with Gasteiger partial charge in [-0.05, 0) is 30.7 Å². The van der Waals surface area contributed by atoms with Gasteiger partial charge in [-0.1, -0.05) is 12.1 Å². The number of para-hydroxylation sites is 1. The summed E-state index contributed by atoms with van der Waals surface area (Å²) in [6.45, 7) is 1.09. The average Bonchev–Trinajstić information content (AvgIpc) is 3.24. The molecule has 0 amide bonds. The third-order valence-electron chi connectivity index (χ3n) is 4.73. The summed E-state index contributed by atoms with van der Waals surface area (Å²) >= 11 is 0. The molecule has 2 aromatic heterocycles. The van der Waals surface area contributed by atoms with Crippen molar-refractivity contribution in [2.24, 2.45) is 0 Å². The van der Waals surface area contributed by atoms with Crippen molar-refractivity contribution in [1.29, 1.82) is 0 Å². The Kier molecular flexibility index (Phi) is 4.78. The van der Waals surface area contributed by atoms with E-state index < -0.39 is 16.2 Å². The topological polar surface area (TPSA) is 105 Å². The van der Waals surface area contributed by atoms with Crippen LogP contribution in [0, 0.1) is 10.1 Å². The van der Waals surface area contributed by atoms with Gasteiger partial charge in [0, 0.05) is 37.6 Å². The van der Waals surface area contributed by atoms with Gasteiger partial charge in [-0.3, -0.25) is 19.5 Å². The molecular formula is C20H17N5O4. The van der Waals surface area contributed by atoms with Gasteiger partial charge in [0.25, 0.3) is 11.2 Å². The van der Waals surface area contributed by atoms with Gasteiger partial charge < -0.3 is 4.57 Å². The first kappa shape index (κ1) is 18.4. The van der Waals surface area contributed by atoms with Crippen LogP contribution in [0.3, 0.4) is 0 Å². The van der Waals surface area contributed by atoms with Crippen molar-refractivity contribution in [3.05, 3.63) is 98.2 Å².